The third-order valence-electron chi connectivity index (χ3n) is 5.47. The van der Waals surface area contributed by atoms with E-state index < -0.39 is 12.4 Å². The number of carbonyl (C=O) groups is 1. The third kappa shape index (κ3) is 4.41. The first-order valence-corrected chi connectivity index (χ1v) is 11.2. The summed E-state index contributed by atoms with van der Waals surface area (Å²) in [6.07, 6.45) is -0.992. The molecule has 170 valence electrons. The topological polar surface area (TPSA) is 81.3 Å². The fraction of sp³-hybridized carbons (Fsp3) is 0.348. The Bertz CT molecular complexity index is 1000. The molecule has 0 aromatic heterocycles. The summed E-state index contributed by atoms with van der Waals surface area (Å²) in [6, 6.07) is 15.7. The van der Waals surface area contributed by atoms with Crippen molar-refractivity contribution in [2.24, 2.45) is 0 Å². The summed E-state index contributed by atoms with van der Waals surface area (Å²) in [6.45, 7) is 2.00. The standard InChI is InChI=1S/C23H26BrN3O5/c1-4-31-23(28)32-19-13-16(15-10-11-17(29-2)18(12-15)30-3)27-22(25-19)20(24)21(26-27)14-8-6-5-7-9-14/h5-12,16,19,22,25-26H,4,13H2,1-3H3. The van der Waals surface area contributed by atoms with Crippen LogP contribution in [0.3, 0.4) is 0 Å². The molecular formula is C23H26BrN3O5. The number of ether oxygens (including phenoxy) is 4. The number of rotatable bonds is 6. The molecule has 2 aliphatic rings. The van der Waals surface area contributed by atoms with Gasteiger partial charge < -0.3 is 24.4 Å². The van der Waals surface area contributed by atoms with Crippen LogP contribution in [0.15, 0.2) is 53.0 Å². The Kier molecular flexibility index (Phi) is 6.88. The van der Waals surface area contributed by atoms with E-state index in [0.717, 1.165) is 21.3 Å². The lowest BCUT2D eigenvalue weighted by Gasteiger charge is -2.42. The van der Waals surface area contributed by atoms with Crippen molar-refractivity contribution in [3.05, 3.63) is 64.1 Å². The fourth-order valence-electron chi connectivity index (χ4n) is 3.99. The molecule has 3 unspecified atom stereocenters. The molecule has 2 N–H and O–H groups in total. The van der Waals surface area contributed by atoms with Crippen molar-refractivity contribution < 1.29 is 23.7 Å². The van der Waals surface area contributed by atoms with Gasteiger partial charge in [-0.3, -0.25) is 5.32 Å². The number of nitrogens with zero attached hydrogens (tertiary/aromatic N) is 1. The van der Waals surface area contributed by atoms with E-state index in [1.807, 2.05) is 48.5 Å². The first-order chi connectivity index (χ1) is 15.5. The van der Waals surface area contributed by atoms with Crippen LogP contribution in [0.5, 0.6) is 11.5 Å². The highest BCUT2D eigenvalue weighted by Gasteiger charge is 2.44. The van der Waals surface area contributed by atoms with E-state index in [0.29, 0.717) is 17.9 Å². The molecule has 0 amide bonds. The fourth-order valence-corrected chi connectivity index (χ4v) is 4.66. The van der Waals surface area contributed by atoms with Crippen LogP contribution in [-0.4, -0.2) is 44.4 Å². The summed E-state index contributed by atoms with van der Waals surface area (Å²) in [5, 5.41) is 5.49. The quantitative estimate of drug-likeness (QED) is 0.569. The molecule has 0 aliphatic carbocycles. The molecule has 4 rings (SSSR count). The second kappa shape index (κ2) is 9.81. The van der Waals surface area contributed by atoms with Gasteiger partial charge in [-0.15, -0.1) is 0 Å². The SMILES string of the molecule is CCOC(=O)OC1CC(c2ccc(OC)c(OC)c2)N2NC(c3ccccc3)=C(Br)C2N1. The van der Waals surface area contributed by atoms with Gasteiger partial charge in [0, 0.05) is 6.42 Å². The van der Waals surface area contributed by atoms with Gasteiger partial charge in [0.1, 0.15) is 6.17 Å². The Hall–Kier alpha value is -2.75. The van der Waals surface area contributed by atoms with E-state index in [9.17, 15) is 4.79 Å². The van der Waals surface area contributed by atoms with Gasteiger partial charge in [0.25, 0.3) is 0 Å². The third-order valence-corrected chi connectivity index (χ3v) is 6.30. The molecule has 32 heavy (non-hydrogen) atoms. The lowest BCUT2D eigenvalue weighted by atomic mass is 9.99. The molecule has 0 saturated carbocycles. The molecule has 2 aromatic rings. The zero-order valence-corrected chi connectivity index (χ0v) is 19.7. The number of hydrogen-bond acceptors (Lipinski definition) is 8. The predicted molar refractivity (Wildman–Crippen MR) is 123 cm³/mol. The number of hydrazine groups is 1. The average Bonchev–Trinajstić information content (AvgIpc) is 3.15. The maximum atomic E-state index is 12.0. The van der Waals surface area contributed by atoms with Gasteiger partial charge in [-0.1, -0.05) is 52.3 Å². The maximum Gasteiger partial charge on any atom is 0.509 e. The van der Waals surface area contributed by atoms with Crippen molar-refractivity contribution in [2.45, 2.75) is 31.8 Å². The number of fused-ring (bicyclic) bond motifs is 1. The average molecular weight is 504 g/mol. The Morgan fingerprint density at radius 2 is 1.88 bits per heavy atom. The molecular weight excluding hydrogens is 478 g/mol. The summed E-state index contributed by atoms with van der Waals surface area (Å²) in [5.74, 6) is 1.29. The van der Waals surface area contributed by atoms with E-state index in [1.54, 1.807) is 21.1 Å². The molecule has 0 radical (unpaired) electrons. The highest BCUT2D eigenvalue weighted by Crippen LogP contribution is 2.42. The highest BCUT2D eigenvalue weighted by atomic mass is 79.9. The minimum atomic E-state index is -0.696. The number of halogens is 1. The Morgan fingerprint density at radius 1 is 1.12 bits per heavy atom. The molecule has 1 fully saturated rings. The summed E-state index contributed by atoms with van der Waals surface area (Å²) >= 11 is 3.76. The molecule has 2 aliphatic heterocycles. The van der Waals surface area contributed by atoms with Gasteiger partial charge in [0.15, 0.2) is 17.7 Å². The highest BCUT2D eigenvalue weighted by molar-refractivity contribution is 9.11. The van der Waals surface area contributed by atoms with Gasteiger partial charge in [-0.2, -0.15) is 5.01 Å². The number of carbonyl (C=O) groups excluding carboxylic acids is 1. The van der Waals surface area contributed by atoms with E-state index >= 15 is 0 Å². The van der Waals surface area contributed by atoms with E-state index in [1.165, 1.54) is 0 Å². The van der Waals surface area contributed by atoms with Crippen LogP contribution in [0.1, 0.15) is 30.5 Å². The molecule has 0 bridgehead atoms. The van der Waals surface area contributed by atoms with Gasteiger partial charge in [-0.05, 0) is 30.2 Å². The summed E-state index contributed by atoms with van der Waals surface area (Å²) in [7, 11) is 3.22. The first kappa shape index (κ1) is 22.4. The van der Waals surface area contributed by atoms with E-state index in [4.69, 9.17) is 18.9 Å². The van der Waals surface area contributed by atoms with Crippen LogP contribution in [-0.2, 0) is 9.47 Å². The van der Waals surface area contributed by atoms with Crippen molar-refractivity contribution in [2.75, 3.05) is 20.8 Å². The number of hydrogen-bond donors (Lipinski definition) is 2. The summed E-state index contributed by atoms with van der Waals surface area (Å²) in [5.41, 5.74) is 6.52. The largest absolute Gasteiger partial charge is 0.509 e. The number of methoxy groups -OCH3 is 2. The van der Waals surface area contributed by atoms with Gasteiger partial charge in [0.2, 0.25) is 0 Å². The molecule has 2 aromatic carbocycles. The Balaban J connectivity index is 1.68. The van der Waals surface area contributed by atoms with Crippen LogP contribution in [0.25, 0.3) is 5.70 Å². The summed E-state index contributed by atoms with van der Waals surface area (Å²) in [4.78, 5) is 12.0. The van der Waals surface area contributed by atoms with Crippen LogP contribution in [0.2, 0.25) is 0 Å². The van der Waals surface area contributed by atoms with Gasteiger partial charge in [0.05, 0.1) is 37.0 Å². The number of nitrogens with one attached hydrogen (secondary N) is 2. The van der Waals surface area contributed by atoms with Crippen LogP contribution in [0, 0.1) is 0 Å². The molecule has 0 spiro atoms. The van der Waals surface area contributed by atoms with Gasteiger partial charge in [-0.25, -0.2) is 4.79 Å². The van der Waals surface area contributed by atoms with Crippen molar-refractivity contribution >= 4 is 27.8 Å². The van der Waals surface area contributed by atoms with E-state index in [-0.39, 0.29) is 18.8 Å². The maximum absolute atomic E-state index is 12.0. The second-order valence-electron chi connectivity index (χ2n) is 7.33. The molecule has 2 heterocycles. The van der Waals surface area contributed by atoms with Crippen molar-refractivity contribution in [3.8, 4) is 11.5 Å². The lowest BCUT2D eigenvalue weighted by Crippen LogP contribution is -2.58. The van der Waals surface area contributed by atoms with Gasteiger partial charge >= 0.3 is 6.16 Å². The van der Waals surface area contributed by atoms with Crippen LogP contribution >= 0.6 is 15.9 Å². The molecule has 1 saturated heterocycles. The lowest BCUT2D eigenvalue weighted by molar-refractivity contribution is -0.0534. The molecule has 8 nitrogen and oxygen atoms in total. The predicted octanol–water partition coefficient (Wildman–Crippen LogP) is 4.15. The monoisotopic (exact) mass is 503 g/mol. The van der Waals surface area contributed by atoms with Crippen molar-refractivity contribution in [1.82, 2.24) is 15.8 Å². The Labute approximate surface area is 195 Å². The Morgan fingerprint density at radius 3 is 2.56 bits per heavy atom. The van der Waals surface area contributed by atoms with E-state index in [2.05, 4.69) is 31.7 Å². The van der Waals surface area contributed by atoms with Crippen molar-refractivity contribution in [1.29, 1.82) is 0 Å². The molecule has 9 heteroatoms. The zero-order chi connectivity index (χ0) is 22.7. The normalized spacial score (nSPS) is 22.7. The van der Waals surface area contributed by atoms with Crippen LogP contribution in [0.4, 0.5) is 4.79 Å². The second-order valence-corrected chi connectivity index (χ2v) is 8.19. The van der Waals surface area contributed by atoms with Crippen molar-refractivity contribution in [3.63, 3.8) is 0 Å². The smallest absolute Gasteiger partial charge is 0.493 e. The zero-order valence-electron chi connectivity index (χ0n) is 18.1. The molecule has 3 atom stereocenters. The minimum Gasteiger partial charge on any atom is -0.493 e. The summed E-state index contributed by atoms with van der Waals surface area (Å²) < 4.78 is 22.4. The minimum absolute atomic E-state index is 0.130. The first-order valence-electron chi connectivity index (χ1n) is 10.4. The van der Waals surface area contributed by atoms with Crippen LogP contribution < -0.4 is 20.2 Å². The number of benzene rings is 2.